The third-order valence-corrected chi connectivity index (χ3v) is 3.99. The average molecular weight is 326 g/mol. The molecule has 0 bridgehead atoms. The van der Waals surface area contributed by atoms with Crippen LogP contribution in [-0.2, 0) is 6.67 Å². The van der Waals surface area contributed by atoms with Gasteiger partial charge in [0.05, 0.1) is 15.9 Å². The van der Waals surface area contributed by atoms with Crippen LogP contribution in [0.2, 0.25) is 0 Å². The Hall–Kier alpha value is -1.63. The van der Waals surface area contributed by atoms with Crippen molar-refractivity contribution in [3.63, 3.8) is 0 Å². The van der Waals surface area contributed by atoms with Gasteiger partial charge in [0.25, 0.3) is 5.91 Å². The number of nitrogens with zero attached hydrogens (tertiary/aromatic N) is 5. The zero-order chi connectivity index (χ0) is 14.2. The summed E-state index contributed by atoms with van der Waals surface area (Å²) < 4.78 is 4.54. The Morgan fingerprint density at radius 2 is 2.05 bits per heavy atom. The Morgan fingerprint density at radius 1 is 1.37 bits per heavy atom. The lowest BCUT2D eigenvalue weighted by Gasteiger charge is -2.07. The minimum atomic E-state index is -0.103. The van der Waals surface area contributed by atoms with Gasteiger partial charge in [-0.1, -0.05) is 0 Å². The number of halogens is 1. The third-order valence-electron chi connectivity index (χ3n) is 2.84. The summed E-state index contributed by atoms with van der Waals surface area (Å²) in [6.07, 6.45) is 1.78. The zero-order valence-electron chi connectivity index (χ0n) is 11.4. The highest BCUT2D eigenvalue weighted by Crippen LogP contribution is 2.19. The minimum absolute atomic E-state index is 0.103. The van der Waals surface area contributed by atoms with Crippen LogP contribution in [0.25, 0.3) is 0 Å². The fourth-order valence-corrected chi connectivity index (χ4v) is 2.02. The monoisotopic (exact) mass is 325 g/mol. The lowest BCUT2D eigenvalue weighted by atomic mass is 10.4. The van der Waals surface area contributed by atoms with Crippen LogP contribution in [0.15, 0.2) is 16.7 Å². The molecule has 6 nitrogen and oxygen atoms in total. The first-order valence-corrected chi connectivity index (χ1v) is 6.64. The molecular formula is C12H16BrN5O. The van der Waals surface area contributed by atoms with Crippen LogP contribution in [-0.4, -0.2) is 44.5 Å². The smallest absolute Gasteiger partial charge is 0.273 e. The molecule has 102 valence electrons. The highest BCUT2D eigenvalue weighted by molar-refractivity contribution is 9.10. The molecule has 1 amide bonds. The number of rotatable bonds is 3. The molecule has 0 saturated carbocycles. The second kappa shape index (κ2) is 5.16. The number of amides is 1. The number of aromatic nitrogens is 4. The number of carbonyl (C=O) groups is 1. The molecule has 0 N–H and O–H groups in total. The molecule has 19 heavy (non-hydrogen) atoms. The fourth-order valence-electron chi connectivity index (χ4n) is 1.73. The van der Waals surface area contributed by atoms with Crippen LogP contribution in [0.3, 0.4) is 0 Å². The molecular weight excluding hydrogens is 310 g/mol. The van der Waals surface area contributed by atoms with Crippen LogP contribution in [0.1, 0.15) is 21.9 Å². The van der Waals surface area contributed by atoms with E-state index in [1.54, 1.807) is 31.0 Å². The van der Waals surface area contributed by atoms with Crippen molar-refractivity contribution in [3.8, 4) is 0 Å². The van der Waals surface area contributed by atoms with Crippen LogP contribution in [0.5, 0.6) is 0 Å². The van der Waals surface area contributed by atoms with Crippen LogP contribution in [0, 0.1) is 13.8 Å². The summed E-state index contributed by atoms with van der Waals surface area (Å²) in [4.78, 5) is 13.3. The molecule has 0 aliphatic heterocycles. The highest BCUT2D eigenvalue weighted by atomic mass is 79.9. The van der Waals surface area contributed by atoms with E-state index in [1.807, 2.05) is 18.5 Å². The van der Waals surface area contributed by atoms with Gasteiger partial charge in [-0.2, -0.15) is 10.2 Å². The summed E-state index contributed by atoms with van der Waals surface area (Å²) in [6.45, 7) is 4.41. The summed E-state index contributed by atoms with van der Waals surface area (Å²) in [7, 11) is 3.42. The molecule has 0 fully saturated rings. The first kappa shape index (κ1) is 13.8. The molecule has 0 aromatic carbocycles. The predicted molar refractivity (Wildman–Crippen MR) is 75.0 cm³/mol. The number of aryl methyl sites for hydroxylation is 1. The van der Waals surface area contributed by atoms with Gasteiger partial charge in [0.1, 0.15) is 12.4 Å². The molecule has 0 atom stereocenters. The molecule has 0 radical (unpaired) electrons. The van der Waals surface area contributed by atoms with Gasteiger partial charge in [0, 0.05) is 20.3 Å². The van der Waals surface area contributed by atoms with E-state index in [1.165, 1.54) is 4.90 Å². The molecule has 0 saturated heterocycles. The molecule has 0 aliphatic rings. The Bertz CT molecular complexity index is 614. The fraction of sp³-hybridized carbons (Fsp3) is 0.417. The lowest BCUT2D eigenvalue weighted by molar-refractivity contribution is 0.0821. The van der Waals surface area contributed by atoms with Gasteiger partial charge in [-0.05, 0) is 35.8 Å². The number of hydrogen-bond acceptors (Lipinski definition) is 3. The van der Waals surface area contributed by atoms with Crippen molar-refractivity contribution in [1.82, 2.24) is 24.5 Å². The quantitative estimate of drug-likeness (QED) is 0.862. The summed E-state index contributed by atoms with van der Waals surface area (Å²) in [5.74, 6) is -0.103. The van der Waals surface area contributed by atoms with Gasteiger partial charge in [-0.3, -0.25) is 9.48 Å². The van der Waals surface area contributed by atoms with E-state index in [2.05, 4.69) is 26.1 Å². The molecule has 2 heterocycles. The Balaban J connectivity index is 2.20. The van der Waals surface area contributed by atoms with Crippen molar-refractivity contribution in [2.24, 2.45) is 0 Å². The van der Waals surface area contributed by atoms with Crippen molar-refractivity contribution in [2.75, 3.05) is 14.1 Å². The minimum Gasteiger partial charge on any atom is -0.343 e. The Morgan fingerprint density at radius 3 is 2.58 bits per heavy atom. The molecule has 2 aromatic rings. The molecule has 0 spiro atoms. The number of carbonyl (C=O) groups excluding carboxylic acids is 1. The van der Waals surface area contributed by atoms with Gasteiger partial charge < -0.3 is 4.90 Å². The first-order chi connectivity index (χ1) is 8.90. The van der Waals surface area contributed by atoms with Gasteiger partial charge in [0.15, 0.2) is 0 Å². The maximum atomic E-state index is 11.8. The summed E-state index contributed by atoms with van der Waals surface area (Å²) in [6, 6.07) is 1.71. The molecule has 2 rings (SSSR count). The van der Waals surface area contributed by atoms with Gasteiger partial charge in [0.2, 0.25) is 0 Å². The largest absolute Gasteiger partial charge is 0.343 e. The maximum Gasteiger partial charge on any atom is 0.273 e. The van der Waals surface area contributed by atoms with Crippen LogP contribution in [0.4, 0.5) is 0 Å². The molecule has 0 unspecified atom stereocenters. The van der Waals surface area contributed by atoms with E-state index in [0.29, 0.717) is 12.4 Å². The van der Waals surface area contributed by atoms with Crippen molar-refractivity contribution in [2.45, 2.75) is 20.5 Å². The van der Waals surface area contributed by atoms with Gasteiger partial charge in [-0.25, -0.2) is 4.68 Å². The molecule has 7 heteroatoms. The lowest BCUT2D eigenvalue weighted by Crippen LogP contribution is -2.22. The van der Waals surface area contributed by atoms with E-state index in [4.69, 9.17) is 0 Å². The standard InChI is InChI=1S/C12H16BrN5O/c1-8-11(13)9(2)18(14-8)7-17-6-5-10(15-17)12(19)16(3)4/h5-6H,7H2,1-4H3. The van der Waals surface area contributed by atoms with Crippen molar-refractivity contribution >= 4 is 21.8 Å². The Labute approximate surface area is 120 Å². The summed E-state index contributed by atoms with van der Waals surface area (Å²) >= 11 is 3.49. The van der Waals surface area contributed by atoms with E-state index in [9.17, 15) is 4.79 Å². The first-order valence-electron chi connectivity index (χ1n) is 5.84. The Kier molecular flexibility index (Phi) is 3.75. The van der Waals surface area contributed by atoms with E-state index < -0.39 is 0 Å². The van der Waals surface area contributed by atoms with E-state index in [0.717, 1.165) is 15.9 Å². The highest BCUT2D eigenvalue weighted by Gasteiger charge is 2.13. The van der Waals surface area contributed by atoms with Crippen molar-refractivity contribution in [3.05, 3.63) is 33.8 Å². The van der Waals surface area contributed by atoms with Crippen LogP contribution >= 0.6 is 15.9 Å². The third kappa shape index (κ3) is 2.70. The second-order valence-corrected chi connectivity index (χ2v) is 5.36. The molecule has 0 aliphatic carbocycles. The SMILES string of the molecule is Cc1nn(Cn2ccc(C(=O)N(C)C)n2)c(C)c1Br. The zero-order valence-corrected chi connectivity index (χ0v) is 13.0. The van der Waals surface area contributed by atoms with Gasteiger partial charge in [-0.15, -0.1) is 0 Å². The van der Waals surface area contributed by atoms with Gasteiger partial charge >= 0.3 is 0 Å². The molecule has 2 aromatic heterocycles. The van der Waals surface area contributed by atoms with Crippen molar-refractivity contribution in [1.29, 1.82) is 0 Å². The van der Waals surface area contributed by atoms with E-state index in [-0.39, 0.29) is 5.91 Å². The van der Waals surface area contributed by atoms with E-state index >= 15 is 0 Å². The predicted octanol–water partition coefficient (Wildman–Crippen LogP) is 1.67. The summed E-state index contributed by atoms with van der Waals surface area (Å²) in [5.41, 5.74) is 2.41. The van der Waals surface area contributed by atoms with Crippen molar-refractivity contribution < 1.29 is 4.79 Å². The second-order valence-electron chi connectivity index (χ2n) is 4.57. The van der Waals surface area contributed by atoms with Crippen LogP contribution < -0.4 is 0 Å². The maximum absolute atomic E-state index is 11.8. The number of hydrogen-bond donors (Lipinski definition) is 0. The normalized spacial score (nSPS) is 10.8. The summed E-state index contributed by atoms with van der Waals surface area (Å²) in [5, 5.41) is 8.66. The topological polar surface area (TPSA) is 56.0 Å². The average Bonchev–Trinajstić information content (AvgIpc) is 2.91.